The van der Waals surface area contributed by atoms with Gasteiger partial charge in [0.25, 0.3) is 6.43 Å². The molecule has 14 heteroatoms. The first-order valence-electron chi connectivity index (χ1n) is 11.4. The molecule has 1 atom stereocenters. The maximum atomic E-state index is 14.5. The van der Waals surface area contributed by atoms with E-state index in [9.17, 15) is 31.1 Å². The lowest BCUT2D eigenvalue weighted by Gasteiger charge is -2.31. The number of carbonyl (C=O) groups excluding carboxylic acids is 1. The Kier molecular flexibility index (Phi) is 7.90. The average Bonchev–Trinajstić information content (AvgIpc) is 3.50. The molecule has 2 aliphatic heterocycles. The summed E-state index contributed by atoms with van der Waals surface area (Å²) in [5.41, 5.74) is -3.15. The van der Waals surface area contributed by atoms with E-state index >= 15 is 0 Å². The number of anilines is 1. The Hall–Kier alpha value is -2.97. The van der Waals surface area contributed by atoms with Crippen molar-refractivity contribution in [2.75, 3.05) is 31.7 Å². The fourth-order valence-corrected chi connectivity index (χ4v) is 4.19. The number of ether oxygens (including phenoxy) is 3. The van der Waals surface area contributed by atoms with E-state index in [1.807, 2.05) is 5.32 Å². The number of aromatic nitrogens is 2. The predicted octanol–water partition coefficient (Wildman–Crippen LogP) is 3.90. The molecule has 2 saturated heterocycles. The molecule has 2 aliphatic rings. The highest BCUT2D eigenvalue weighted by Gasteiger charge is 2.58. The van der Waals surface area contributed by atoms with E-state index in [1.54, 1.807) is 0 Å². The molecule has 1 amide bonds. The minimum Gasteiger partial charge on any atom is -0.379 e. The third kappa shape index (κ3) is 5.80. The van der Waals surface area contributed by atoms with Gasteiger partial charge in [-0.15, -0.1) is 0 Å². The number of alkyl halides is 5. The Balaban J connectivity index is 1.62. The molecular weight excluding hydrogens is 510 g/mol. The van der Waals surface area contributed by atoms with Crippen LogP contribution in [0.4, 0.5) is 32.2 Å². The van der Waals surface area contributed by atoms with Crippen LogP contribution in [0.25, 0.3) is 0 Å². The summed E-state index contributed by atoms with van der Waals surface area (Å²) in [6, 6.07) is 3.58. The molecule has 2 aromatic rings. The van der Waals surface area contributed by atoms with Gasteiger partial charge in [0.05, 0.1) is 43.1 Å². The first-order valence-corrected chi connectivity index (χ1v) is 11.4. The third-order valence-corrected chi connectivity index (χ3v) is 6.05. The van der Waals surface area contributed by atoms with E-state index in [0.29, 0.717) is 0 Å². The molecule has 2 N–H and O–H groups in total. The van der Waals surface area contributed by atoms with E-state index < -0.39 is 61.2 Å². The fraction of sp³-hybridized carbons (Fsp3) is 0.522. The first-order chi connectivity index (χ1) is 17.5. The Labute approximate surface area is 207 Å². The number of amides is 1. The highest BCUT2D eigenvalue weighted by atomic mass is 19.4. The Morgan fingerprint density at radius 1 is 1.19 bits per heavy atom. The molecule has 1 aromatic carbocycles. The van der Waals surface area contributed by atoms with Crippen LogP contribution >= 0.6 is 0 Å². The van der Waals surface area contributed by atoms with Gasteiger partial charge in [-0.05, 0) is 6.92 Å². The molecule has 8 nitrogen and oxygen atoms in total. The van der Waals surface area contributed by atoms with Crippen LogP contribution in [0.5, 0.6) is 0 Å². The predicted molar refractivity (Wildman–Crippen MR) is 116 cm³/mol. The van der Waals surface area contributed by atoms with Crippen molar-refractivity contribution >= 4 is 11.7 Å². The van der Waals surface area contributed by atoms with Gasteiger partial charge < -0.3 is 24.8 Å². The van der Waals surface area contributed by atoms with E-state index in [4.69, 9.17) is 14.2 Å². The van der Waals surface area contributed by atoms with Crippen LogP contribution in [-0.2, 0) is 32.0 Å². The monoisotopic (exact) mass is 534 g/mol. The second-order valence-electron chi connectivity index (χ2n) is 8.64. The van der Waals surface area contributed by atoms with Gasteiger partial charge in [0.15, 0.2) is 11.8 Å². The van der Waals surface area contributed by atoms with E-state index in [2.05, 4.69) is 15.3 Å². The van der Waals surface area contributed by atoms with Crippen LogP contribution in [0, 0.1) is 12.7 Å². The number of nitrogens with one attached hydrogen (secondary N) is 2. The number of carbonyl (C=O) groups is 1. The summed E-state index contributed by atoms with van der Waals surface area (Å²) >= 11 is 0. The molecule has 37 heavy (non-hydrogen) atoms. The normalized spacial score (nSPS) is 20.5. The van der Waals surface area contributed by atoms with E-state index in [0.717, 1.165) is 6.07 Å². The van der Waals surface area contributed by atoms with Crippen LogP contribution in [0.3, 0.4) is 0 Å². The summed E-state index contributed by atoms with van der Waals surface area (Å²) in [4.78, 5) is 21.3. The maximum Gasteiger partial charge on any atom is 0.413 e. The molecule has 0 spiro atoms. The van der Waals surface area contributed by atoms with Crippen molar-refractivity contribution in [3.63, 3.8) is 0 Å². The third-order valence-electron chi connectivity index (χ3n) is 6.05. The van der Waals surface area contributed by atoms with Crippen molar-refractivity contribution in [3.05, 3.63) is 52.2 Å². The summed E-state index contributed by atoms with van der Waals surface area (Å²) in [5.74, 6) is -1.81. The highest BCUT2D eigenvalue weighted by molar-refractivity contribution is 5.80. The van der Waals surface area contributed by atoms with Gasteiger partial charge >= 0.3 is 6.18 Å². The minimum absolute atomic E-state index is 0.0393. The number of rotatable bonds is 8. The standard InChI is InChI=1S/C23H24F6N4O4/c1-12-31-15(9-16(34)33-22(23(27,28)29)5-6-35-11-22)17(21-36-7-8-37-21)20(32-12)30-10-13-3-2-4-14(18(13)24)19(25)26/h2-4,19,21H,5-11H2,1H3,(H,33,34)(H,30,31,32). The van der Waals surface area contributed by atoms with E-state index in [1.165, 1.54) is 19.1 Å². The number of benzene rings is 1. The molecule has 0 bridgehead atoms. The molecule has 2 fully saturated rings. The SMILES string of the molecule is Cc1nc(CC(=O)NC2(C(F)(F)F)CCOC2)c(C2OCCO2)c(NCc2cccc(C(F)F)c2F)n1. The lowest BCUT2D eigenvalue weighted by Crippen LogP contribution is -2.59. The fourth-order valence-electron chi connectivity index (χ4n) is 4.19. The topological polar surface area (TPSA) is 94.6 Å². The minimum atomic E-state index is -4.73. The smallest absolute Gasteiger partial charge is 0.379 e. The lowest BCUT2D eigenvalue weighted by molar-refractivity contribution is -0.197. The van der Waals surface area contributed by atoms with Crippen molar-refractivity contribution < 1.29 is 45.3 Å². The van der Waals surface area contributed by atoms with Crippen molar-refractivity contribution in [3.8, 4) is 0 Å². The average molecular weight is 534 g/mol. The van der Waals surface area contributed by atoms with Gasteiger partial charge in [-0.25, -0.2) is 23.1 Å². The second kappa shape index (κ2) is 10.8. The van der Waals surface area contributed by atoms with Crippen LogP contribution in [0.1, 0.15) is 47.3 Å². The second-order valence-corrected chi connectivity index (χ2v) is 8.64. The molecule has 0 aliphatic carbocycles. The van der Waals surface area contributed by atoms with Gasteiger partial charge in [0, 0.05) is 25.1 Å². The van der Waals surface area contributed by atoms with Gasteiger partial charge in [0.2, 0.25) is 5.91 Å². The highest BCUT2D eigenvalue weighted by Crippen LogP contribution is 2.37. The largest absolute Gasteiger partial charge is 0.413 e. The van der Waals surface area contributed by atoms with Gasteiger partial charge in [-0.3, -0.25) is 4.79 Å². The Morgan fingerprint density at radius 3 is 2.54 bits per heavy atom. The summed E-state index contributed by atoms with van der Waals surface area (Å²) < 4.78 is 97.7. The number of nitrogens with zero attached hydrogens (tertiary/aromatic N) is 2. The number of hydrogen-bond donors (Lipinski definition) is 2. The Morgan fingerprint density at radius 2 is 1.92 bits per heavy atom. The molecule has 1 unspecified atom stereocenters. The van der Waals surface area contributed by atoms with Crippen LogP contribution in [0.2, 0.25) is 0 Å². The zero-order valence-corrected chi connectivity index (χ0v) is 19.6. The van der Waals surface area contributed by atoms with Crippen molar-refractivity contribution in [1.29, 1.82) is 0 Å². The number of aryl methyl sites for hydroxylation is 1. The summed E-state index contributed by atoms with van der Waals surface area (Å²) in [6.07, 6.45) is -9.78. The molecule has 0 saturated carbocycles. The summed E-state index contributed by atoms with van der Waals surface area (Å²) in [7, 11) is 0. The summed E-state index contributed by atoms with van der Waals surface area (Å²) in [5, 5.41) is 4.89. The van der Waals surface area contributed by atoms with Crippen LogP contribution in [0.15, 0.2) is 18.2 Å². The lowest BCUT2D eigenvalue weighted by atomic mass is 9.97. The van der Waals surface area contributed by atoms with E-state index in [-0.39, 0.29) is 54.8 Å². The van der Waals surface area contributed by atoms with Crippen LogP contribution in [-0.4, -0.2) is 54.0 Å². The molecule has 4 rings (SSSR count). The number of hydrogen-bond acceptors (Lipinski definition) is 7. The van der Waals surface area contributed by atoms with Gasteiger partial charge in [-0.2, -0.15) is 13.2 Å². The number of halogens is 6. The van der Waals surface area contributed by atoms with Crippen molar-refractivity contribution in [2.45, 2.75) is 50.7 Å². The molecular formula is C23H24F6N4O4. The van der Waals surface area contributed by atoms with Crippen molar-refractivity contribution in [1.82, 2.24) is 15.3 Å². The quantitative estimate of drug-likeness (QED) is 0.497. The first kappa shape index (κ1) is 27.1. The maximum absolute atomic E-state index is 14.5. The molecule has 0 radical (unpaired) electrons. The molecule has 202 valence electrons. The van der Waals surface area contributed by atoms with Crippen molar-refractivity contribution in [2.24, 2.45) is 0 Å². The zero-order valence-electron chi connectivity index (χ0n) is 19.6. The van der Waals surface area contributed by atoms with Crippen LogP contribution < -0.4 is 10.6 Å². The zero-order chi connectivity index (χ0) is 26.8. The molecule has 3 heterocycles. The van der Waals surface area contributed by atoms with Gasteiger partial charge in [-0.1, -0.05) is 18.2 Å². The molecule has 1 aromatic heterocycles. The Bertz CT molecular complexity index is 1130. The van der Waals surface area contributed by atoms with Gasteiger partial charge in [0.1, 0.15) is 17.5 Å². The summed E-state index contributed by atoms with van der Waals surface area (Å²) in [6.45, 7) is 0.767.